The summed E-state index contributed by atoms with van der Waals surface area (Å²) in [5, 5.41) is 0.833. The van der Waals surface area contributed by atoms with E-state index >= 15 is 0 Å². The average molecular weight is 283 g/mol. The Kier molecular flexibility index (Phi) is 5.23. The Bertz CT molecular complexity index is 596. The SMILES string of the molecule is CC(=O)N(OCc1ccccc1)C(=O)Cc1ccccc1. The Labute approximate surface area is 123 Å². The zero-order valence-electron chi connectivity index (χ0n) is 11.9. The summed E-state index contributed by atoms with van der Waals surface area (Å²) in [5.74, 6) is -0.795. The van der Waals surface area contributed by atoms with Crippen molar-refractivity contribution in [1.82, 2.24) is 5.06 Å². The van der Waals surface area contributed by atoms with Gasteiger partial charge in [-0.2, -0.15) is 5.06 Å². The first-order valence-electron chi connectivity index (χ1n) is 6.71. The van der Waals surface area contributed by atoms with E-state index in [9.17, 15) is 9.59 Å². The molecule has 2 rings (SSSR count). The van der Waals surface area contributed by atoms with Crippen LogP contribution in [0.4, 0.5) is 0 Å². The van der Waals surface area contributed by atoms with Gasteiger partial charge in [0.05, 0.1) is 6.42 Å². The first-order chi connectivity index (χ1) is 10.2. The maximum atomic E-state index is 12.2. The third kappa shape index (κ3) is 4.54. The molecule has 0 unspecified atom stereocenters. The number of hydroxylamine groups is 2. The first-order valence-corrected chi connectivity index (χ1v) is 6.71. The van der Waals surface area contributed by atoms with Gasteiger partial charge in [-0.25, -0.2) is 0 Å². The largest absolute Gasteiger partial charge is 0.272 e. The van der Waals surface area contributed by atoms with Crippen molar-refractivity contribution in [2.24, 2.45) is 0 Å². The van der Waals surface area contributed by atoms with Crippen molar-refractivity contribution in [2.45, 2.75) is 20.0 Å². The van der Waals surface area contributed by atoms with Crippen molar-refractivity contribution in [1.29, 1.82) is 0 Å². The maximum absolute atomic E-state index is 12.2. The summed E-state index contributed by atoms with van der Waals surface area (Å²) in [5.41, 5.74) is 1.74. The number of amides is 2. The molecule has 0 bridgehead atoms. The van der Waals surface area contributed by atoms with Crippen LogP contribution in [-0.2, 0) is 27.5 Å². The molecule has 0 saturated carbocycles. The number of rotatable bonds is 5. The van der Waals surface area contributed by atoms with E-state index in [-0.39, 0.29) is 18.9 Å². The highest BCUT2D eigenvalue weighted by molar-refractivity contribution is 5.93. The minimum atomic E-state index is -0.424. The van der Waals surface area contributed by atoms with E-state index in [0.29, 0.717) is 0 Å². The zero-order chi connectivity index (χ0) is 15.1. The number of nitrogens with zero attached hydrogens (tertiary/aromatic N) is 1. The van der Waals surface area contributed by atoms with Gasteiger partial charge in [-0.05, 0) is 11.1 Å². The molecule has 0 radical (unpaired) electrons. The normalized spacial score (nSPS) is 10.1. The van der Waals surface area contributed by atoms with Gasteiger partial charge in [0.25, 0.3) is 5.91 Å². The zero-order valence-corrected chi connectivity index (χ0v) is 11.9. The Hall–Kier alpha value is -2.46. The van der Waals surface area contributed by atoms with Crippen LogP contribution < -0.4 is 0 Å². The molecule has 2 aromatic rings. The minimum Gasteiger partial charge on any atom is -0.272 e. The number of carbonyl (C=O) groups is 2. The second-order valence-corrected chi connectivity index (χ2v) is 4.63. The number of carbonyl (C=O) groups excluding carboxylic acids is 2. The minimum absolute atomic E-state index is 0.134. The number of hydrogen-bond donors (Lipinski definition) is 0. The monoisotopic (exact) mass is 283 g/mol. The van der Waals surface area contributed by atoms with E-state index in [4.69, 9.17) is 4.84 Å². The van der Waals surface area contributed by atoms with Gasteiger partial charge in [0.2, 0.25) is 5.91 Å². The lowest BCUT2D eigenvalue weighted by Crippen LogP contribution is -2.36. The molecule has 0 fully saturated rings. The summed E-state index contributed by atoms with van der Waals surface area (Å²) in [4.78, 5) is 29.1. The van der Waals surface area contributed by atoms with Crippen LogP contribution >= 0.6 is 0 Å². The highest BCUT2D eigenvalue weighted by Crippen LogP contribution is 2.07. The third-order valence-corrected chi connectivity index (χ3v) is 2.91. The molecule has 0 N–H and O–H groups in total. The fraction of sp³-hybridized carbons (Fsp3) is 0.176. The molecule has 0 aliphatic heterocycles. The van der Waals surface area contributed by atoms with Crippen molar-refractivity contribution in [2.75, 3.05) is 0 Å². The summed E-state index contributed by atoms with van der Waals surface area (Å²) in [6.45, 7) is 1.49. The summed E-state index contributed by atoms with van der Waals surface area (Å²) in [6, 6.07) is 18.7. The van der Waals surface area contributed by atoms with Crippen LogP contribution in [0.15, 0.2) is 60.7 Å². The van der Waals surface area contributed by atoms with Crippen LogP contribution in [-0.4, -0.2) is 16.9 Å². The topological polar surface area (TPSA) is 46.6 Å². The summed E-state index contributed by atoms with van der Waals surface area (Å²) in [6.07, 6.45) is 0.134. The Morgan fingerprint density at radius 3 is 1.95 bits per heavy atom. The molecular formula is C17H17NO3. The van der Waals surface area contributed by atoms with Crippen molar-refractivity contribution >= 4 is 11.8 Å². The molecule has 21 heavy (non-hydrogen) atoms. The second kappa shape index (κ2) is 7.36. The maximum Gasteiger partial charge on any atom is 0.257 e. The summed E-state index contributed by atoms with van der Waals surface area (Å²) in [7, 11) is 0. The van der Waals surface area contributed by atoms with Gasteiger partial charge in [-0.15, -0.1) is 0 Å². The molecule has 4 heteroatoms. The van der Waals surface area contributed by atoms with Gasteiger partial charge < -0.3 is 0 Å². The molecule has 0 aliphatic rings. The standard InChI is InChI=1S/C17H17NO3/c1-14(19)18(21-13-16-10-6-3-7-11-16)17(20)12-15-8-4-2-5-9-15/h2-11H,12-13H2,1H3. The van der Waals surface area contributed by atoms with Crippen molar-refractivity contribution in [3.05, 3.63) is 71.8 Å². The van der Waals surface area contributed by atoms with Crippen molar-refractivity contribution < 1.29 is 14.4 Å². The molecule has 2 amide bonds. The van der Waals surface area contributed by atoms with Crippen LogP contribution in [0.3, 0.4) is 0 Å². The van der Waals surface area contributed by atoms with E-state index in [1.165, 1.54) is 6.92 Å². The fourth-order valence-electron chi connectivity index (χ4n) is 1.89. The molecule has 2 aromatic carbocycles. The number of hydrogen-bond acceptors (Lipinski definition) is 3. The van der Waals surface area contributed by atoms with E-state index in [1.807, 2.05) is 60.7 Å². The molecule has 0 heterocycles. The predicted octanol–water partition coefficient (Wildman–Crippen LogP) is 2.74. The first kappa shape index (κ1) is 14.9. The average Bonchev–Trinajstić information content (AvgIpc) is 2.49. The van der Waals surface area contributed by atoms with E-state index < -0.39 is 5.91 Å². The Morgan fingerprint density at radius 1 is 0.905 bits per heavy atom. The van der Waals surface area contributed by atoms with Crippen molar-refractivity contribution in [3.63, 3.8) is 0 Å². The fourth-order valence-corrected chi connectivity index (χ4v) is 1.89. The quantitative estimate of drug-likeness (QED) is 0.793. The van der Waals surface area contributed by atoms with Gasteiger partial charge in [0.1, 0.15) is 6.61 Å². The van der Waals surface area contributed by atoms with E-state index in [0.717, 1.165) is 16.2 Å². The predicted molar refractivity (Wildman–Crippen MR) is 78.9 cm³/mol. The van der Waals surface area contributed by atoms with Crippen LogP contribution in [0.5, 0.6) is 0 Å². The molecule has 4 nitrogen and oxygen atoms in total. The number of benzene rings is 2. The van der Waals surface area contributed by atoms with Crippen LogP contribution in [0.25, 0.3) is 0 Å². The highest BCUT2D eigenvalue weighted by atomic mass is 16.7. The molecule has 0 atom stereocenters. The van der Waals surface area contributed by atoms with Gasteiger partial charge in [0, 0.05) is 6.92 Å². The molecular weight excluding hydrogens is 266 g/mol. The molecule has 0 aromatic heterocycles. The van der Waals surface area contributed by atoms with Crippen molar-refractivity contribution in [3.8, 4) is 0 Å². The van der Waals surface area contributed by atoms with Gasteiger partial charge in [-0.1, -0.05) is 60.7 Å². The Balaban J connectivity index is 1.98. The smallest absolute Gasteiger partial charge is 0.257 e. The van der Waals surface area contributed by atoms with Gasteiger partial charge in [0.15, 0.2) is 0 Å². The van der Waals surface area contributed by atoms with Crippen LogP contribution in [0, 0.1) is 0 Å². The lowest BCUT2D eigenvalue weighted by atomic mass is 10.1. The van der Waals surface area contributed by atoms with Crippen LogP contribution in [0.1, 0.15) is 18.1 Å². The highest BCUT2D eigenvalue weighted by Gasteiger charge is 2.19. The van der Waals surface area contributed by atoms with Crippen LogP contribution in [0.2, 0.25) is 0 Å². The summed E-state index contributed by atoms with van der Waals surface area (Å²) < 4.78 is 0. The Morgan fingerprint density at radius 2 is 1.43 bits per heavy atom. The van der Waals surface area contributed by atoms with Gasteiger partial charge in [-0.3, -0.25) is 14.4 Å². The molecule has 0 spiro atoms. The lowest BCUT2D eigenvalue weighted by Gasteiger charge is -2.18. The summed E-state index contributed by atoms with van der Waals surface area (Å²) >= 11 is 0. The molecule has 0 saturated heterocycles. The number of imide groups is 1. The van der Waals surface area contributed by atoms with E-state index in [1.54, 1.807) is 0 Å². The third-order valence-electron chi connectivity index (χ3n) is 2.91. The lowest BCUT2D eigenvalue weighted by molar-refractivity contribution is -0.197. The van der Waals surface area contributed by atoms with Gasteiger partial charge >= 0.3 is 0 Å². The molecule has 108 valence electrons. The molecule has 0 aliphatic carbocycles. The second-order valence-electron chi connectivity index (χ2n) is 4.63. The van der Waals surface area contributed by atoms with E-state index in [2.05, 4.69) is 0 Å².